The minimum Gasteiger partial charge on any atom is -0.444 e. The van der Waals surface area contributed by atoms with Gasteiger partial charge in [0.25, 0.3) is 0 Å². The molecule has 0 bridgehead atoms. The molecule has 2 fully saturated rings. The van der Waals surface area contributed by atoms with E-state index < -0.39 is 5.60 Å². The van der Waals surface area contributed by atoms with Gasteiger partial charge in [-0.1, -0.05) is 0 Å². The molecule has 1 atom stereocenters. The van der Waals surface area contributed by atoms with Gasteiger partial charge in [-0.2, -0.15) is 0 Å². The lowest BCUT2D eigenvalue weighted by molar-refractivity contribution is -0.110. The van der Waals surface area contributed by atoms with Crippen molar-refractivity contribution in [3.05, 3.63) is 0 Å². The van der Waals surface area contributed by atoms with E-state index in [2.05, 4.69) is 0 Å². The Morgan fingerprint density at radius 2 is 2.06 bits per heavy atom. The van der Waals surface area contributed by atoms with Crippen LogP contribution in [0.4, 0.5) is 4.79 Å². The lowest BCUT2D eigenvalue weighted by atomic mass is 10.1. The molecule has 4 heteroatoms. The second-order valence-corrected chi connectivity index (χ2v) is 5.92. The Morgan fingerprint density at radius 1 is 1.44 bits per heavy atom. The molecule has 0 radical (unpaired) electrons. The summed E-state index contributed by atoms with van der Waals surface area (Å²) in [6.07, 6.45) is 3.53. The Labute approximate surface area is 95.9 Å². The van der Waals surface area contributed by atoms with E-state index in [9.17, 15) is 9.59 Å². The lowest BCUT2D eigenvalue weighted by Gasteiger charge is -2.28. The second-order valence-electron chi connectivity index (χ2n) is 5.92. The first-order chi connectivity index (χ1) is 7.36. The molecule has 1 amide bonds. The summed E-state index contributed by atoms with van der Waals surface area (Å²) in [4.78, 5) is 24.5. The third-order valence-electron chi connectivity index (χ3n) is 3.27. The van der Waals surface area contributed by atoms with Gasteiger partial charge in [0.1, 0.15) is 11.9 Å². The van der Waals surface area contributed by atoms with Crippen molar-refractivity contribution in [2.45, 2.75) is 51.2 Å². The quantitative estimate of drug-likeness (QED) is 0.641. The van der Waals surface area contributed by atoms with Crippen molar-refractivity contribution in [3.63, 3.8) is 0 Å². The number of amides is 1. The summed E-state index contributed by atoms with van der Waals surface area (Å²) in [6, 6.07) is 0. The maximum atomic E-state index is 12.0. The number of hydrogen-bond acceptors (Lipinski definition) is 3. The molecule has 90 valence electrons. The van der Waals surface area contributed by atoms with Gasteiger partial charge in [0, 0.05) is 18.0 Å². The molecular weight excluding hydrogens is 206 g/mol. The molecule has 16 heavy (non-hydrogen) atoms. The van der Waals surface area contributed by atoms with Crippen LogP contribution >= 0.6 is 0 Å². The fraction of sp³-hybridized carbons (Fsp3) is 0.833. The molecule has 1 saturated heterocycles. The molecule has 1 aliphatic carbocycles. The van der Waals surface area contributed by atoms with Crippen LogP contribution in [0.25, 0.3) is 0 Å². The number of carbonyl (C=O) groups is 2. The summed E-state index contributed by atoms with van der Waals surface area (Å²) in [6.45, 7) is 6.10. The van der Waals surface area contributed by atoms with Crippen molar-refractivity contribution in [1.29, 1.82) is 0 Å². The first-order valence-electron chi connectivity index (χ1n) is 5.82. The molecule has 2 aliphatic rings. The average Bonchev–Trinajstić information content (AvgIpc) is 2.76. The van der Waals surface area contributed by atoms with Crippen LogP contribution < -0.4 is 0 Å². The van der Waals surface area contributed by atoms with Gasteiger partial charge in [-0.05, 0) is 40.0 Å². The lowest BCUT2D eigenvalue weighted by Crippen LogP contribution is -2.41. The largest absolute Gasteiger partial charge is 0.444 e. The first kappa shape index (κ1) is 11.4. The van der Waals surface area contributed by atoms with Gasteiger partial charge in [-0.3, -0.25) is 0 Å². The number of likely N-dealkylation sites (tertiary alicyclic amines) is 1. The molecule has 1 unspecified atom stereocenters. The van der Waals surface area contributed by atoms with E-state index in [4.69, 9.17) is 4.74 Å². The van der Waals surface area contributed by atoms with E-state index in [0.717, 1.165) is 25.5 Å². The zero-order valence-corrected chi connectivity index (χ0v) is 10.2. The molecule has 0 aromatic rings. The number of rotatable bonds is 1. The topological polar surface area (TPSA) is 46.6 Å². The Kier molecular flexibility index (Phi) is 2.48. The van der Waals surface area contributed by atoms with Crippen LogP contribution in [0.5, 0.6) is 0 Å². The van der Waals surface area contributed by atoms with Gasteiger partial charge in [0.05, 0.1) is 0 Å². The van der Waals surface area contributed by atoms with Crippen LogP contribution in [-0.4, -0.2) is 35.0 Å². The Morgan fingerprint density at radius 3 is 2.50 bits per heavy atom. The highest BCUT2D eigenvalue weighted by Crippen LogP contribution is 2.51. The highest BCUT2D eigenvalue weighted by molar-refractivity contribution is 5.72. The smallest absolute Gasteiger partial charge is 0.410 e. The number of hydrogen-bond donors (Lipinski definition) is 0. The highest BCUT2D eigenvalue weighted by atomic mass is 16.6. The summed E-state index contributed by atoms with van der Waals surface area (Å²) < 4.78 is 5.36. The van der Waals surface area contributed by atoms with E-state index >= 15 is 0 Å². The van der Waals surface area contributed by atoms with E-state index in [1.807, 2.05) is 20.8 Å². The summed E-state index contributed by atoms with van der Waals surface area (Å²) in [7, 11) is 0. The van der Waals surface area contributed by atoms with E-state index in [0.29, 0.717) is 6.54 Å². The zero-order chi connectivity index (χ0) is 12.0. The van der Waals surface area contributed by atoms with Gasteiger partial charge >= 0.3 is 6.09 Å². The van der Waals surface area contributed by atoms with Gasteiger partial charge in [-0.25, -0.2) is 4.79 Å². The number of ether oxygens (including phenoxy) is 1. The molecule has 1 saturated carbocycles. The summed E-state index contributed by atoms with van der Waals surface area (Å²) in [5, 5.41) is 0. The zero-order valence-electron chi connectivity index (χ0n) is 10.2. The summed E-state index contributed by atoms with van der Waals surface area (Å²) in [5.74, 6) is -0.00461. The average molecular weight is 225 g/mol. The van der Waals surface area contributed by atoms with Crippen LogP contribution in [0, 0.1) is 5.92 Å². The summed E-state index contributed by atoms with van der Waals surface area (Å²) in [5.41, 5.74) is -0.514. The van der Waals surface area contributed by atoms with Crippen molar-refractivity contribution in [2.24, 2.45) is 5.92 Å². The van der Waals surface area contributed by atoms with Crippen molar-refractivity contribution in [1.82, 2.24) is 4.90 Å². The second kappa shape index (κ2) is 3.47. The minimum absolute atomic E-state index is 0.00461. The molecule has 4 nitrogen and oxygen atoms in total. The molecule has 0 aromatic heterocycles. The molecule has 0 N–H and O–H groups in total. The predicted octanol–water partition coefficient (Wildman–Crippen LogP) is 1.97. The van der Waals surface area contributed by atoms with Crippen molar-refractivity contribution in [3.8, 4) is 0 Å². The van der Waals surface area contributed by atoms with E-state index in [1.54, 1.807) is 4.90 Å². The number of carbonyl (C=O) groups excluding carboxylic acids is 2. The molecular formula is C12H19NO3. The van der Waals surface area contributed by atoms with Crippen LogP contribution in [-0.2, 0) is 9.53 Å². The van der Waals surface area contributed by atoms with Crippen LogP contribution in [0.1, 0.15) is 40.0 Å². The molecule has 1 heterocycles. The van der Waals surface area contributed by atoms with Crippen LogP contribution in [0.15, 0.2) is 0 Å². The number of nitrogens with zero attached hydrogens (tertiary/aromatic N) is 1. The fourth-order valence-corrected chi connectivity index (χ4v) is 2.39. The normalized spacial score (nSPS) is 26.9. The van der Waals surface area contributed by atoms with Gasteiger partial charge in [0.15, 0.2) is 0 Å². The van der Waals surface area contributed by atoms with Crippen molar-refractivity contribution >= 4 is 12.4 Å². The standard InChI is InChI=1S/C12H19NO3/c1-11(2,3)16-10(15)13-7-9(8-14)6-12(13)4-5-12/h8-9H,4-7H2,1-3H3. The third-order valence-corrected chi connectivity index (χ3v) is 3.27. The van der Waals surface area contributed by atoms with Crippen molar-refractivity contribution in [2.75, 3.05) is 6.54 Å². The summed E-state index contributed by atoms with van der Waals surface area (Å²) >= 11 is 0. The highest BCUT2D eigenvalue weighted by Gasteiger charge is 2.56. The third kappa shape index (κ3) is 2.06. The maximum absolute atomic E-state index is 12.0. The minimum atomic E-state index is -0.466. The Hall–Kier alpha value is -1.06. The maximum Gasteiger partial charge on any atom is 0.410 e. The molecule has 1 spiro atoms. The Balaban J connectivity index is 2.04. The van der Waals surface area contributed by atoms with Crippen molar-refractivity contribution < 1.29 is 14.3 Å². The van der Waals surface area contributed by atoms with Gasteiger partial charge in [0.2, 0.25) is 0 Å². The van der Waals surface area contributed by atoms with E-state index in [1.165, 1.54) is 0 Å². The van der Waals surface area contributed by atoms with Crippen LogP contribution in [0.3, 0.4) is 0 Å². The monoisotopic (exact) mass is 225 g/mol. The first-order valence-corrected chi connectivity index (χ1v) is 5.82. The molecule has 0 aromatic carbocycles. The molecule has 1 aliphatic heterocycles. The Bertz CT molecular complexity index is 315. The van der Waals surface area contributed by atoms with Crippen LogP contribution in [0.2, 0.25) is 0 Å². The fourth-order valence-electron chi connectivity index (χ4n) is 2.39. The number of aldehydes is 1. The van der Waals surface area contributed by atoms with Gasteiger partial charge in [-0.15, -0.1) is 0 Å². The predicted molar refractivity (Wildman–Crippen MR) is 59.1 cm³/mol. The molecule has 2 rings (SSSR count). The van der Waals surface area contributed by atoms with E-state index in [-0.39, 0.29) is 17.6 Å². The SMILES string of the molecule is CC(C)(C)OC(=O)N1CC(C=O)CC12CC2. The van der Waals surface area contributed by atoms with Gasteiger partial charge < -0.3 is 14.4 Å².